The summed E-state index contributed by atoms with van der Waals surface area (Å²) in [5.41, 5.74) is -0.490. The average molecular weight is 488 g/mol. The van der Waals surface area contributed by atoms with Gasteiger partial charge in [0.1, 0.15) is 18.1 Å². The van der Waals surface area contributed by atoms with Crippen LogP contribution in [0, 0.1) is 11.3 Å². The van der Waals surface area contributed by atoms with Gasteiger partial charge in [0.15, 0.2) is 11.6 Å². The van der Waals surface area contributed by atoms with Crippen LogP contribution in [0.1, 0.15) is 43.7 Å². The molecule has 36 heavy (non-hydrogen) atoms. The monoisotopic (exact) mass is 487 g/mol. The van der Waals surface area contributed by atoms with Gasteiger partial charge >= 0.3 is 11.4 Å². The SMILES string of the molecule is CC1=CC(=O)[C@@]2(C)[C@@H](c3ccc(CO)o3)C3=CCn4c(=O)n(-c5ccccc5)c(=O)n4[C@@H]3C[C@H]2C1=O. The molecule has 1 saturated carbocycles. The van der Waals surface area contributed by atoms with Gasteiger partial charge in [-0.15, -0.1) is 0 Å². The van der Waals surface area contributed by atoms with Crippen LogP contribution in [0.3, 0.4) is 0 Å². The van der Waals surface area contributed by atoms with Crippen LogP contribution in [0.4, 0.5) is 0 Å². The first-order chi connectivity index (χ1) is 17.3. The molecule has 2 aromatic heterocycles. The maximum atomic E-state index is 13.7. The summed E-state index contributed by atoms with van der Waals surface area (Å²) in [6, 6.07) is 11.5. The fourth-order valence-corrected chi connectivity index (χ4v) is 6.28. The molecule has 184 valence electrons. The van der Waals surface area contributed by atoms with Crippen molar-refractivity contribution in [2.24, 2.45) is 11.3 Å². The number of nitrogens with zero attached hydrogens (tertiary/aromatic N) is 3. The largest absolute Gasteiger partial charge is 0.463 e. The molecule has 0 spiro atoms. The molecule has 9 heteroatoms. The zero-order chi connectivity index (χ0) is 25.4. The van der Waals surface area contributed by atoms with Crippen LogP contribution in [0.5, 0.6) is 0 Å². The molecule has 3 heterocycles. The minimum Gasteiger partial charge on any atom is -0.463 e. The number of benzene rings is 1. The zero-order valence-corrected chi connectivity index (χ0v) is 19.9. The van der Waals surface area contributed by atoms with Crippen molar-refractivity contribution in [1.82, 2.24) is 13.9 Å². The highest BCUT2D eigenvalue weighted by Crippen LogP contribution is 2.59. The molecular weight excluding hydrogens is 462 g/mol. The van der Waals surface area contributed by atoms with E-state index in [1.165, 1.54) is 15.4 Å². The minimum atomic E-state index is -1.13. The number of allylic oxidation sites excluding steroid dienone is 4. The Morgan fingerprint density at radius 3 is 2.50 bits per heavy atom. The highest BCUT2D eigenvalue weighted by Gasteiger charge is 2.60. The van der Waals surface area contributed by atoms with Crippen molar-refractivity contribution in [3.05, 3.63) is 98.3 Å². The number of carbonyl (C=O) groups excluding carboxylic acids is 2. The number of aliphatic hydroxyl groups excluding tert-OH is 1. The van der Waals surface area contributed by atoms with E-state index in [1.54, 1.807) is 56.3 Å². The number of hydrogen-bond donors (Lipinski definition) is 1. The van der Waals surface area contributed by atoms with Gasteiger partial charge in [-0.3, -0.25) is 9.59 Å². The normalized spacial score (nSPS) is 27.1. The topological polar surface area (TPSA) is 116 Å². The molecule has 6 rings (SSSR count). The lowest BCUT2D eigenvalue weighted by atomic mass is 9.52. The van der Waals surface area contributed by atoms with Crippen LogP contribution in [0.15, 0.2) is 79.8 Å². The van der Waals surface area contributed by atoms with Crippen LogP contribution in [-0.4, -0.2) is 30.6 Å². The van der Waals surface area contributed by atoms with Crippen molar-refractivity contribution in [3.8, 4) is 5.69 Å². The lowest BCUT2D eigenvalue weighted by Gasteiger charge is -2.51. The third-order valence-corrected chi connectivity index (χ3v) is 8.08. The van der Waals surface area contributed by atoms with E-state index in [0.29, 0.717) is 22.8 Å². The Labute approximate surface area is 205 Å². The summed E-state index contributed by atoms with van der Waals surface area (Å²) < 4.78 is 9.88. The molecule has 9 nitrogen and oxygen atoms in total. The molecule has 1 aromatic carbocycles. The Bertz CT molecular complexity index is 1600. The molecular formula is C27H25N3O6. The van der Waals surface area contributed by atoms with Gasteiger partial charge in [0.05, 0.1) is 29.6 Å². The van der Waals surface area contributed by atoms with Crippen molar-refractivity contribution in [2.75, 3.05) is 0 Å². The van der Waals surface area contributed by atoms with Crippen molar-refractivity contribution >= 4 is 11.6 Å². The number of hydrogen-bond acceptors (Lipinski definition) is 6. The van der Waals surface area contributed by atoms with Gasteiger partial charge in [0, 0.05) is 5.92 Å². The Morgan fingerprint density at radius 1 is 1.06 bits per heavy atom. The first kappa shape index (κ1) is 22.5. The molecule has 1 aliphatic heterocycles. The Hall–Kier alpha value is -3.98. The van der Waals surface area contributed by atoms with E-state index in [2.05, 4.69) is 0 Å². The fourth-order valence-electron chi connectivity index (χ4n) is 6.28. The van der Waals surface area contributed by atoms with Gasteiger partial charge in [0.2, 0.25) is 0 Å². The number of furan rings is 1. The van der Waals surface area contributed by atoms with Gasteiger partial charge in [-0.25, -0.2) is 23.5 Å². The van der Waals surface area contributed by atoms with E-state index in [0.717, 1.165) is 10.1 Å². The second-order valence-corrected chi connectivity index (χ2v) is 9.90. The highest BCUT2D eigenvalue weighted by molar-refractivity contribution is 6.12. The number of rotatable bonds is 3. The molecule has 1 N–H and O–H groups in total. The van der Waals surface area contributed by atoms with Gasteiger partial charge in [-0.1, -0.05) is 31.2 Å². The molecule has 3 aliphatic rings. The maximum absolute atomic E-state index is 13.7. The third kappa shape index (κ3) is 2.86. The lowest BCUT2D eigenvalue weighted by Crippen LogP contribution is -2.54. The van der Waals surface area contributed by atoms with E-state index < -0.39 is 34.7 Å². The summed E-state index contributed by atoms with van der Waals surface area (Å²) in [6.45, 7) is 3.25. The van der Waals surface area contributed by atoms with Gasteiger partial charge in [-0.05, 0) is 54.8 Å². The molecule has 2 aliphatic carbocycles. The summed E-state index contributed by atoms with van der Waals surface area (Å²) in [4.78, 5) is 54.0. The van der Waals surface area contributed by atoms with Crippen molar-refractivity contribution in [1.29, 1.82) is 0 Å². The number of aliphatic hydroxyl groups is 1. The van der Waals surface area contributed by atoms with E-state index in [4.69, 9.17) is 4.42 Å². The Kier molecular flexibility index (Phi) is 4.85. The molecule has 1 fully saturated rings. The fraction of sp³-hybridized carbons (Fsp3) is 0.333. The van der Waals surface area contributed by atoms with E-state index in [1.807, 2.05) is 6.08 Å². The zero-order valence-electron chi connectivity index (χ0n) is 19.9. The predicted octanol–water partition coefficient (Wildman–Crippen LogP) is 2.28. The quantitative estimate of drug-likeness (QED) is 0.567. The Balaban J connectivity index is 1.58. The van der Waals surface area contributed by atoms with Crippen LogP contribution < -0.4 is 11.4 Å². The number of Topliss-reactive ketones (excluding diaryl/α,β-unsaturated/α-hetero) is 1. The van der Waals surface area contributed by atoms with Crippen molar-refractivity contribution in [2.45, 2.75) is 45.4 Å². The number of para-hydroxylation sites is 1. The molecule has 0 unspecified atom stereocenters. The summed E-state index contributed by atoms with van der Waals surface area (Å²) in [7, 11) is 0. The first-order valence-corrected chi connectivity index (χ1v) is 11.9. The second-order valence-electron chi connectivity index (χ2n) is 9.90. The summed E-state index contributed by atoms with van der Waals surface area (Å²) in [5.74, 6) is -0.882. The summed E-state index contributed by atoms with van der Waals surface area (Å²) in [6.07, 6.45) is 3.48. The molecule has 3 aromatic rings. The number of fused-ring (bicyclic) bond motifs is 4. The number of carbonyl (C=O) groups is 2. The van der Waals surface area contributed by atoms with Gasteiger partial charge in [0.25, 0.3) is 0 Å². The van der Waals surface area contributed by atoms with E-state index in [-0.39, 0.29) is 31.1 Å². The highest BCUT2D eigenvalue weighted by atomic mass is 16.4. The van der Waals surface area contributed by atoms with E-state index >= 15 is 0 Å². The van der Waals surface area contributed by atoms with Crippen LogP contribution >= 0.6 is 0 Å². The molecule has 0 radical (unpaired) electrons. The van der Waals surface area contributed by atoms with Crippen LogP contribution in [0.2, 0.25) is 0 Å². The standard InChI is InChI=1S/C27H25N3O6/c1-15-12-22(32)27(2)19(24(15)33)13-20-18(23(27)21-9-8-17(14-31)36-21)10-11-28-25(34)29(26(35)30(20)28)16-6-4-3-5-7-16/h3-10,12,19-20,23,31H,11,13-14H2,1-2H3/t19-,20+,23+,27-/m0/s1. The molecule has 0 amide bonds. The molecule has 4 atom stereocenters. The van der Waals surface area contributed by atoms with Crippen LogP contribution in [0.25, 0.3) is 5.69 Å². The lowest BCUT2D eigenvalue weighted by molar-refractivity contribution is -0.139. The maximum Gasteiger partial charge on any atom is 0.352 e. The second kappa shape index (κ2) is 7.76. The predicted molar refractivity (Wildman–Crippen MR) is 129 cm³/mol. The molecule has 0 saturated heterocycles. The summed E-state index contributed by atoms with van der Waals surface area (Å²) >= 11 is 0. The average Bonchev–Trinajstić information content (AvgIpc) is 3.45. The smallest absolute Gasteiger partial charge is 0.352 e. The van der Waals surface area contributed by atoms with Gasteiger partial charge < -0.3 is 9.52 Å². The number of ketones is 2. The first-order valence-electron chi connectivity index (χ1n) is 11.9. The van der Waals surface area contributed by atoms with Crippen LogP contribution in [-0.2, 0) is 22.7 Å². The molecule has 0 bridgehead atoms. The van der Waals surface area contributed by atoms with E-state index in [9.17, 15) is 24.3 Å². The summed E-state index contributed by atoms with van der Waals surface area (Å²) in [5, 5.41) is 9.59. The van der Waals surface area contributed by atoms with Crippen molar-refractivity contribution < 1.29 is 19.1 Å². The Morgan fingerprint density at radius 2 is 1.81 bits per heavy atom. The van der Waals surface area contributed by atoms with Crippen molar-refractivity contribution in [3.63, 3.8) is 0 Å². The number of aromatic nitrogens is 3. The van der Waals surface area contributed by atoms with Gasteiger partial charge in [-0.2, -0.15) is 0 Å². The minimum absolute atomic E-state index is 0.140. The third-order valence-electron chi connectivity index (χ3n) is 8.08.